The van der Waals surface area contributed by atoms with E-state index in [0.717, 1.165) is 0 Å². The number of benzene rings is 1. The summed E-state index contributed by atoms with van der Waals surface area (Å²) in [6, 6.07) is 7.47. The number of aromatic nitrogens is 1. The zero-order valence-electron chi connectivity index (χ0n) is 10.2. The number of rotatable bonds is 3. The van der Waals surface area contributed by atoms with Gasteiger partial charge in [-0.15, -0.1) is 0 Å². The molecule has 0 saturated heterocycles. The molecule has 0 aliphatic rings. The smallest absolute Gasteiger partial charge is 0.238 e. The SMILES string of the molecule is Cc1ncccc1Oc1cc(S(N)(=O)=O)ccc1N. The van der Waals surface area contributed by atoms with E-state index in [2.05, 4.69) is 4.98 Å². The topological polar surface area (TPSA) is 108 Å². The second kappa shape index (κ2) is 4.87. The van der Waals surface area contributed by atoms with Gasteiger partial charge in [0.25, 0.3) is 0 Å². The van der Waals surface area contributed by atoms with Gasteiger partial charge in [0, 0.05) is 12.3 Å². The summed E-state index contributed by atoms with van der Waals surface area (Å²) in [4.78, 5) is 4.01. The minimum atomic E-state index is -3.80. The number of anilines is 1. The van der Waals surface area contributed by atoms with E-state index in [9.17, 15) is 8.42 Å². The predicted molar refractivity (Wildman–Crippen MR) is 71.3 cm³/mol. The highest BCUT2D eigenvalue weighted by Crippen LogP contribution is 2.30. The van der Waals surface area contributed by atoms with Gasteiger partial charge < -0.3 is 10.5 Å². The van der Waals surface area contributed by atoms with Crippen molar-refractivity contribution >= 4 is 15.7 Å². The lowest BCUT2D eigenvalue weighted by Gasteiger charge is -2.11. The Bertz CT molecular complexity index is 714. The number of hydrogen-bond donors (Lipinski definition) is 2. The summed E-state index contributed by atoms with van der Waals surface area (Å²) in [5.41, 5.74) is 6.73. The van der Waals surface area contributed by atoms with E-state index in [4.69, 9.17) is 15.6 Å². The minimum Gasteiger partial charge on any atom is -0.453 e. The van der Waals surface area contributed by atoms with Crippen LogP contribution in [0.3, 0.4) is 0 Å². The highest BCUT2D eigenvalue weighted by molar-refractivity contribution is 7.89. The summed E-state index contributed by atoms with van der Waals surface area (Å²) in [7, 11) is -3.80. The molecule has 1 heterocycles. The number of ether oxygens (including phenoxy) is 1. The standard InChI is InChI=1S/C12H13N3O3S/c1-8-11(3-2-6-15-8)18-12-7-9(19(14,16)17)4-5-10(12)13/h2-7H,13H2,1H3,(H2,14,16,17). The fourth-order valence-corrected chi connectivity index (χ4v) is 2.00. The first-order valence-electron chi connectivity index (χ1n) is 5.40. The molecule has 0 radical (unpaired) electrons. The van der Waals surface area contributed by atoms with Crippen molar-refractivity contribution in [1.82, 2.24) is 4.98 Å². The van der Waals surface area contributed by atoms with Crippen LogP contribution in [0.1, 0.15) is 5.69 Å². The van der Waals surface area contributed by atoms with Gasteiger partial charge in [-0.05, 0) is 31.2 Å². The highest BCUT2D eigenvalue weighted by Gasteiger charge is 2.12. The number of hydrogen-bond acceptors (Lipinski definition) is 5. The molecule has 1 aromatic carbocycles. The molecule has 0 fully saturated rings. The van der Waals surface area contributed by atoms with Gasteiger partial charge in [-0.2, -0.15) is 0 Å². The Hall–Kier alpha value is -2.12. The Kier molecular flexibility index (Phi) is 3.41. The van der Waals surface area contributed by atoms with Crippen LogP contribution in [0.15, 0.2) is 41.4 Å². The second-order valence-corrected chi connectivity index (χ2v) is 5.50. The van der Waals surface area contributed by atoms with Crippen molar-refractivity contribution in [2.45, 2.75) is 11.8 Å². The van der Waals surface area contributed by atoms with E-state index < -0.39 is 10.0 Å². The third-order valence-corrected chi connectivity index (χ3v) is 3.40. The number of primary sulfonamides is 1. The van der Waals surface area contributed by atoms with Gasteiger partial charge in [0.15, 0.2) is 5.75 Å². The zero-order chi connectivity index (χ0) is 14.0. The predicted octanol–water partition coefficient (Wildman–Crippen LogP) is 1.41. The van der Waals surface area contributed by atoms with Crippen LogP contribution in [-0.4, -0.2) is 13.4 Å². The Labute approximate surface area is 111 Å². The van der Waals surface area contributed by atoms with E-state index in [-0.39, 0.29) is 10.6 Å². The number of sulfonamides is 1. The number of pyridine rings is 1. The lowest BCUT2D eigenvalue weighted by atomic mass is 10.3. The normalized spacial score (nSPS) is 11.3. The van der Waals surface area contributed by atoms with Crippen LogP contribution < -0.4 is 15.6 Å². The van der Waals surface area contributed by atoms with E-state index in [1.165, 1.54) is 18.2 Å². The summed E-state index contributed by atoms with van der Waals surface area (Å²) >= 11 is 0. The summed E-state index contributed by atoms with van der Waals surface area (Å²) in [5, 5.41) is 5.06. The summed E-state index contributed by atoms with van der Waals surface area (Å²) in [6.07, 6.45) is 1.63. The van der Waals surface area contributed by atoms with Crippen molar-refractivity contribution in [2.24, 2.45) is 5.14 Å². The maximum Gasteiger partial charge on any atom is 0.238 e. The van der Waals surface area contributed by atoms with Crippen LogP contribution in [0.2, 0.25) is 0 Å². The molecule has 0 aliphatic carbocycles. The monoisotopic (exact) mass is 279 g/mol. The van der Waals surface area contributed by atoms with Gasteiger partial charge in [0.2, 0.25) is 10.0 Å². The van der Waals surface area contributed by atoms with Crippen molar-refractivity contribution in [3.8, 4) is 11.5 Å². The van der Waals surface area contributed by atoms with Crippen molar-refractivity contribution in [3.05, 3.63) is 42.2 Å². The fourth-order valence-electron chi connectivity index (χ4n) is 1.48. The molecule has 0 unspecified atom stereocenters. The molecule has 100 valence electrons. The van der Waals surface area contributed by atoms with E-state index >= 15 is 0 Å². The molecule has 2 rings (SSSR count). The second-order valence-electron chi connectivity index (χ2n) is 3.93. The van der Waals surface area contributed by atoms with Gasteiger partial charge in [-0.3, -0.25) is 4.98 Å². The molecular formula is C12H13N3O3S. The average Bonchev–Trinajstić information content (AvgIpc) is 2.33. The lowest BCUT2D eigenvalue weighted by molar-refractivity contribution is 0.476. The first-order chi connectivity index (χ1) is 8.88. The highest BCUT2D eigenvalue weighted by atomic mass is 32.2. The molecule has 4 N–H and O–H groups in total. The van der Waals surface area contributed by atoms with Crippen LogP contribution in [0.25, 0.3) is 0 Å². The molecule has 0 aliphatic heterocycles. The maximum atomic E-state index is 11.3. The third-order valence-electron chi connectivity index (χ3n) is 2.49. The summed E-state index contributed by atoms with van der Waals surface area (Å²) in [5.74, 6) is 0.725. The molecule has 0 amide bonds. The quantitative estimate of drug-likeness (QED) is 0.826. The number of aryl methyl sites for hydroxylation is 1. The van der Waals surface area contributed by atoms with Gasteiger partial charge >= 0.3 is 0 Å². The molecule has 0 atom stereocenters. The van der Waals surface area contributed by atoms with Crippen molar-refractivity contribution in [3.63, 3.8) is 0 Å². The number of nitrogen functional groups attached to an aromatic ring is 1. The van der Waals surface area contributed by atoms with Crippen LogP contribution in [0, 0.1) is 6.92 Å². The Morgan fingerprint density at radius 1 is 1.21 bits per heavy atom. The van der Waals surface area contributed by atoms with Crippen LogP contribution in [0.4, 0.5) is 5.69 Å². The molecule has 0 bridgehead atoms. The maximum absolute atomic E-state index is 11.3. The zero-order valence-corrected chi connectivity index (χ0v) is 11.0. The van der Waals surface area contributed by atoms with Crippen LogP contribution in [-0.2, 0) is 10.0 Å². The molecule has 7 heteroatoms. The fraction of sp³-hybridized carbons (Fsp3) is 0.0833. The molecular weight excluding hydrogens is 266 g/mol. The minimum absolute atomic E-state index is 0.0572. The van der Waals surface area contributed by atoms with Crippen LogP contribution in [0.5, 0.6) is 11.5 Å². The molecule has 6 nitrogen and oxygen atoms in total. The van der Waals surface area contributed by atoms with Crippen molar-refractivity contribution in [1.29, 1.82) is 0 Å². The Morgan fingerprint density at radius 2 is 1.95 bits per heavy atom. The van der Waals surface area contributed by atoms with Crippen molar-refractivity contribution < 1.29 is 13.2 Å². The number of nitrogens with zero attached hydrogens (tertiary/aromatic N) is 1. The van der Waals surface area contributed by atoms with Gasteiger partial charge in [-0.25, -0.2) is 13.6 Å². The largest absolute Gasteiger partial charge is 0.453 e. The Balaban J connectivity index is 2.43. The lowest BCUT2D eigenvalue weighted by Crippen LogP contribution is -2.12. The Morgan fingerprint density at radius 3 is 2.58 bits per heavy atom. The van der Waals surface area contributed by atoms with Gasteiger partial charge in [0.05, 0.1) is 16.3 Å². The molecule has 0 spiro atoms. The first-order valence-corrected chi connectivity index (χ1v) is 6.94. The molecule has 2 aromatic rings. The van der Waals surface area contributed by atoms with E-state index in [1.54, 1.807) is 25.3 Å². The summed E-state index contributed by atoms with van der Waals surface area (Å²) < 4.78 is 28.1. The van der Waals surface area contributed by atoms with Gasteiger partial charge in [-0.1, -0.05) is 0 Å². The molecule has 0 saturated carbocycles. The van der Waals surface area contributed by atoms with Gasteiger partial charge in [0.1, 0.15) is 5.75 Å². The third kappa shape index (κ3) is 3.01. The first kappa shape index (κ1) is 13.3. The number of nitrogens with two attached hydrogens (primary N) is 2. The molecule has 1 aromatic heterocycles. The van der Waals surface area contributed by atoms with Crippen molar-refractivity contribution in [2.75, 3.05) is 5.73 Å². The van der Waals surface area contributed by atoms with E-state index in [0.29, 0.717) is 17.1 Å². The summed E-state index contributed by atoms with van der Waals surface area (Å²) in [6.45, 7) is 1.77. The van der Waals surface area contributed by atoms with Crippen LogP contribution >= 0.6 is 0 Å². The van der Waals surface area contributed by atoms with E-state index in [1.807, 2.05) is 0 Å². The average molecular weight is 279 g/mol. The molecule has 19 heavy (non-hydrogen) atoms.